The van der Waals surface area contributed by atoms with Crippen molar-refractivity contribution in [1.82, 2.24) is 15.0 Å². The number of piperidine rings is 1. The van der Waals surface area contributed by atoms with Crippen molar-refractivity contribution in [1.29, 1.82) is 0 Å². The van der Waals surface area contributed by atoms with Crippen LogP contribution < -0.4 is 4.90 Å². The van der Waals surface area contributed by atoms with E-state index in [0.29, 0.717) is 0 Å². The van der Waals surface area contributed by atoms with Gasteiger partial charge in [0.2, 0.25) is 0 Å². The third-order valence-corrected chi connectivity index (χ3v) is 4.66. The summed E-state index contributed by atoms with van der Waals surface area (Å²) in [4.78, 5) is 15.3. The van der Waals surface area contributed by atoms with Gasteiger partial charge in [-0.15, -0.1) is 0 Å². The van der Waals surface area contributed by atoms with Crippen molar-refractivity contribution < 1.29 is 0 Å². The lowest BCUT2D eigenvalue weighted by molar-refractivity contribution is 0.574. The van der Waals surface area contributed by atoms with Gasteiger partial charge in [0.1, 0.15) is 11.3 Å². The molecule has 3 heterocycles. The second-order valence-electron chi connectivity index (χ2n) is 6.41. The van der Waals surface area contributed by atoms with Crippen molar-refractivity contribution >= 4 is 22.9 Å². The zero-order valence-corrected chi connectivity index (χ0v) is 14.0. The number of benzene rings is 1. The second kappa shape index (κ2) is 6.11. The van der Waals surface area contributed by atoms with Gasteiger partial charge in [-0.1, -0.05) is 30.9 Å². The Labute approximate surface area is 142 Å². The van der Waals surface area contributed by atoms with Gasteiger partial charge in [0.25, 0.3) is 0 Å². The number of aromatic nitrogens is 3. The molecule has 1 fully saturated rings. The minimum absolute atomic E-state index is 0.827. The Hall–Kier alpha value is -2.62. The summed E-state index contributed by atoms with van der Waals surface area (Å²) in [6.45, 7) is 7.98. The molecule has 0 saturated carbocycles. The van der Waals surface area contributed by atoms with Gasteiger partial charge in [-0.25, -0.2) is 9.97 Å². The predicted octanol–water partition coefficient (Wildman–Crippen LogP) is 4.57. The first kappa shape index (κ1) is 14.9. The van der Waals surface area contributed by atoms with E-state index in [4.69, 9.17) is 4.98 Å². The Kier molecular flexibility index (Phi) is 3.81. The molecule has 0 spiro atoms. The summed E-state index contributed by atoms with van der Waals surface area (Å²) in [7, 11) is 0. The number of hydrogen-bond acceptors (Lipinski definition) is 3. The number of rotatable bonds is 3. The van der Waals surface area contributed by atoms with Gasteiger partial charge < -0.3 is 9.88 Å². The molecule has 0 bridgehead atoms. The molecule has 1 aliphatic heterocycles. The Balaban J connectivity index is 1.83. The van der Waals surface area contributed by atoms with Crippen LogP contribution in [0.4, 0.5) is 5.82 Å². The molecule has 1 saturated heterocycles. The first-order chi connectivity index (χ1) is 11.7. The van der Waals surface area contributed by atoms with Gasteiger partial charge in [0.05, 0.1) is 5.52 Å². The average molecular weight is 318 g/mol. The van der Waals surface area contributed by atoms with E-state index in [1.54, 1.807) is 0 Å². The molecule has 2 aromatic heterocycles. The molecule has 0 aliphatic carbocycles. The van der Waals surface area contributed by atoms with Crippen molar-refractivity contribution in [2.75, 3.05) is 18.0 Å². The molecule has 1 aliphatic rings. The van der Waals surface area contributed by atoms with Crippen LogP contribution in [-0.2, 0) is 0 Å². The van der Waals surface area contributed by atoms with Crippen LogP contribution in [-0.4, -0.2) is 28.0 Å². The largest absolute Gasteiger partial charge is 0.355 e. The summed E-state index contributed by atoms with van der Waals surface area (Å²) in [5.41, 5.74) is 5.37. The third kappa shape index (κ3) is 2.68. The molecule has 0 atom stereocenters. The quantitative estimate of drug-likeness (QED) is 0.769. The van der Waals surface area contributed by atoms with E-state index in [-0.39, 0.29) is 0 Å². The zero-order valence-electron chi connectivity index (χ0n) is 14.0. The van der Waals surface area contributed by atoms with Crippen molar-refractivity contribution in [2.24, 2.45) is 0 Å². The highest BCUT2D eigenvalue weighted by atomic mass is 15.2. The molecule has 3 aromatic rings. The van der Waals surface area contributed by atoms with Crippen LogP contribution in [0.25, 0.3) is 28.4 Å². The number of aromatic amines is 1. The van der Waals surface area contributed by atoms with Crippen LogP contribution in [0, 0.1) is 6.92 Å². The van der Waals surface area contributed by atoms with Crippen LogP contribution in [0.15, 0.2) is 36.9 Å². The fourth-order valence-corrected chi connectivity index (χ4v) is 3.43. The highest BCUT2D eigenvalue weighted by Crippen LogP contribution is 2.30. The van der Waals surface area contributed by atoms with Gasteiger partial charge >= 0.3 is 0 Å². The zero-order chi connectivity index (χ0) is 16.5. The van der Waals surface area contributed by atoms with Crippen LogP contribution in [0.3, 0.4) is 0 Å². The van der Waals surface area contributed by atoms with Crippen molar-refractivity contribution in [3.8, 4) is 11.3 Å². The number of aryl methyl sites for hydroxylation is 1. The Morgan fingerprint density at radius 2 is 1.96 bits per heavy atom. The Morgan fingerprint density at radius 1 is 1.12 bits per heavy atom. The minimum Gasteiger partial charge on any atom is -0.355 e. The van der Waals surface area contributed by atoms with Crippen LogP contribution in [0.1, 0.15) is 30.7 Å². The molecular formula is C20H22N4. The SMILES string of the molecule is C=Cc1cccc(-c2cc3nc(C)nc(N4CCCCC4)c3[nH]2)c1. The van der Waals surface area contributed by atoms with Gasteiger partial charge in [-0.3, -0.25) is 0 Å². The third-order valence-electron chi connectivity index (χ3n) is 4.66. The molecule has 1 N–H and O–H groups in total. The summed E-state index contributed by atoms with van der Waals surface area (Å²) < 4.78 is 0. The fraction of sp³-hybridized carbons (Fsp3) is 0.300. The number of anilines is 1. The van der Waals surface area contributed by atoms with Crippen molar-refractivity contribution in [3.63, 3.8) is 0 Å². The fourth-order valence-electron chi connectivity index (χ4n) is 3.43. The van der Waals surface area contributed by atoms with E-state index < -0.39 is 0 Å². The van der Waals surface area contributed by atoms with E-state index in [9.17, 15) is 0 Å². The standard InChI is InChI=1S/C20H22N4/c1-3-15-8-7-9-16(12-15)17-13-18-19(23-17)20(22-14(2)21-18)24-10-5-4-6-11-24/h3,7-9,12-13,23H,1,4-6,10-11H2,2H3. The maximum atomic E-state index is 4.73. The molecule has 4 rings (SSSR count). The Bertz CT molecular complexity index is 888. The molecule has 122 valence electrons. The summed E-state index contributed by atoms with van der Waals surface area (Å²) in [6, 6.07) is 10.5. The summed E-state index contributed by atoms with van der Waals surface area (Å²) >= 11 is 0. The smallest absolute Gasteiger partial charge is 0.156 e. The van der Waals surface area contributed by atoms with Gasteiger partial charge in [-0.2, -0.15) is 0 Å². The summed E-state index contributed by atoms with van der Waals surface area (Å²) in [5, 5.41) is 0. The topological polar surface area (TPSA) is 44.8 Å². The number of nitrogens with zero attached hydrogens (tertiary/aromatic N) is 3. The van der Waals surface area contributed by atoms with Gasteiger partial charge in [0, 0.05) is 18.8 Å². The molecular weight excluding hydrogens is 296 g/mol. The molecule has 24 heavy (non-hydrogen) atoms. The van der Waals surface area contributed by atoms with Crippen LogP contribution in [0.5, 0.6) is 0 Å². The van der Waals surface area contributed by atoms with Crippen LogP contribution >= 0.6 is 0 Å². The van der Waals surface area contributed by atoms with Crippen molar-refractivity contribution in [3.05, 3.63) is 48.3 Å². The lowest BCUT2D eigenvalue weighted by Crippen LogP contribution is -2.30. The van der Waals surface area contributed by atoms with Crippen LogP contribution in [0.2, 0.25) is 0 Å². The second-order valence-corrected chi connectivity index (χ2v) is 6.41. The van der Waals surface area contributed by atoms with E-state index in [0.717, 1.165) is 52.6 Å². The predicted molar refractivity (Wildman–Crippen MR) is 100 cm³/mol. The lowest BCUT2D eigenvalue weighted by atomic mass is 10.1. The highest BCUT2D eigenvalue weighted by Gasteiger charge is 2.18. The highest BCUT2D eigenvalue weighted by molar-refractivity contribution is 5.91. The van der Waals surface area contributed by atoms with Crippen molar-refractivity contribution in [2.45, 2.75) is 26.2 Å². The Morgan fingerprint density at radius 3 is 2.75 bits per heavy atom. The molecule has 0 amide bonds. The van der Waals surface area contributed by atoms with E-state index >= 15 is 0 Å². The van der Waals surface area contributed by atoms with E-state index in [2.05, 4.69) is 51.8 Å². The summed E-state index contributed by atoms with van der Waals surface area (Å²) in [5.74, 6) is 1.87. The molecule has 4 heteroatoms. The maximum Gasteiger partial charge on any atom is 0.156 e. The molecule has 1 aromatic carbocycles. The summed E-state index contributed by atoms with van der Waals surface area (Å²) in [6.07, 6.45) is 5.66. The number of hydrogen-bond donors (Lipinski definition) is 1. The number of H-pyrrole nitrogens is 1. The number of nitrogens with one attached hydrogen (secondary N) is 1. The van der Waals surface area contributed by atoms with E-state index in [1.165, 1.54) is 19.3 Å². The first-order valence-corrected chi connectivity index (χ1v) is 8.60. The normalized spacial score (nSPS) is 15.0. The average Bonchev–Trinajstić information content (AvgIpc) is 3.05. The van der Waals surface area contributed by atoms with Gasteiger partial charge in [0.15, 0.2) is 5.82 Å². The maximum absolute atomic E-state index is 4.73. The molecule has 0 unspecified atom stereocenters. The van der Waals surface area contributed by atoms with Gasteiger partial charge in [-0.05, 0) is 49.4 Å². The monoisotopic (exact) mass is 318 g/mol. The minimum atomic E-state index is 0.827. The molecule has 4 nitrogen and oxygen atoms in total. The first-order valence-electron chi connectivity index (χ1n) is 8.60. The number of fused-ring (bicyclic) bond motifs is 1. The van der Waals surface area contributed by atoms with E-state index in [1.807, 2.05) is 13.0 Å². The lowest BCUT2D eigenvalue weighted by Gasteiger charge is -2.28. The molecule has 0 radical (unpaired) electrons.